The molecule has 98 valence electrons. The molecule has 1 aliphatic rings. The van der Waals surface area contributed by atoms with Crippen LogP contribution in [0.5, 0.6) is 0 Å². The molecule has 1 N–H and O–H groups in total. The quantitative estimate of drug-likeness (QED) is 0.902. The van der Waals surface area contributed by atoms with Crippen molar-refractivity contribution in [3.8, 4) is 6.07 Å². The normalized spacial score (nSPS) is 22.3. The first kappa shape index (κ1) is 13.3. The molecule has 0 saturated carbocycles. The van der Waals surface area contributed by atoms with Gasteiger partial charge in [-0.05, 0) is 30.7 Å². The number of hydrogen-bond donors (Lipinski definition) is 1. The van der Waals surface area contributed by atoms with E-state index in [0.29, 0.717) is 28.9 Å². The number of hydrogen-bond acceptors (Lipinski definition) is 4. The third-order valence-corrected chi connectivity index (χ3v) is 3.05. The molecule has 0 aromatic heterocycles. The Balaban J connectivity index is 2.45. The molecule has 0 fully saturated rings. The van der Waals surface area contributed by atoms with Crippen LogP contribution in [-0.4, -0.2) is 16.7 Å². The number of carbonyl (C=O) groups excluding carboxylic acids is 1. The first-order valence-electron chi connectivity index (χ1n) is 6.19. The van der Waals surface area contributed by atoms with Gasteiger partial charge in [0.05, 0.1) is 11.6 Å². The van der Waals surface area contributed by atoms with Crippen LogP contribution in [-0.2, 0) is 9.53 Å². The van der Waals surface area contributed by atoms with Gasteiger partial charge in [-0.3, -0.25) is 4.79 Å². The molecule has 0 radical (unpaired) electrons. The minimum absolute atomic E-state index is 0.381. The predicted octanol–water partition coefficient (Wildman–Crippen LogP) is 2.38. The van der Waals surface area contributed by atoms with Gasteiger partial charge in [-0.25, -0.2) is 0 Å². The topological polar surface area (TPSA) is 70.3 Å². The van der Waals surface area contributed by atoms with Gasteiger partial charge >= 0.3 is 0 Å². The molecule has 0 aliphatic carbocycles. The SMILES string of the molecule is CCCC1=C(c2ccc(C#N)cc2)OC(C)(O)C1=O. The van der Waals surface area contributed by atoms with Gasteiger partial charge in [0.15, 0.2) is 0 Å². The van der Waals surface area contributed by atoms with Crippen LogP contribution in [0.2, 0.25) is 0 Å². The summed E-state index contributed by atoms with van der Waals surface area (Å²) in [6.45, 7) is 3.31. The summed E-state index contributed by atoms with van der Waals surface area (Å²) < 4.78 is 5.39. The fraction of sp³-hybridized carbons (Fsp3) is 0.333. The fourth-order valence-electron chi connectivity index (χ4n) is 2.10. The van der Waals surface area contributed by atoms with Crippen molar-refractivity contribution in [3.05, 3.63) is 41.0 Å². The summed E-state index contributed by atoms with van der Waals surface area (Å²) in [5.74, 6) is -1.75. The highest BCUT2D eigenvalue weighted by atomic mass is 16.6. The summed E-state index contributed by atoms with van der Waals surface area (Å²) in [6.07, 6.45) is 1.35. The van der Waals surface area contributed by atoms with Crippen LogP contribution in [0.1, 0.15) is 37.8 Å². The van der Waals surface area contributed by atoms with Gasteiger partial charge in [-0.1, -0.05) is 13.3 Å². The Hall–Kier alpha value is -2.12. The maximum Gasteiger partial charge on any atom is 0.269 e. The third-order valence-electron chi connectivity index (χ3n) is 3.05. The second-order valence-corrected chi connectivity index (χ2v) is 4.66. The predicted molar refractivity (Wildman–Crippen MR) is 69.7 cm³/mol. The molecule has 1 aromatic rings. The average molecular weight is 257 g/mol. The summed E-state index contributed by atoms with van der Waals surface area (Å²) >= 11 is 0. The van der Waals surface area contributed by atoms with Crippen LogP contribution in [0.15, 0.2) is 29.8 Å². The van der Waals surface area contributed by atoms with Crippen LogP contribution in [0, 0.1) is 11.3 Å². The van der Waals surface area contributed by atoms with Gasteiger partial charge in [0, 0.05) is 18.1 Å². The standard InChI is InChI=1S/C15H15NO3/c1-3-4-12-13(19-15(2,18)14(12)17)11-7-5-10(9-16)6-8-11/h5-8,18H,3-4H2,1-2H3. The van der Waals surface area contributed by atoms with Crippen molar-refractivity contribution in [2.24, 2.45) is 0 Å². The summed E-state index contributed by atoms with van der Waals surface area (Å²) in [5, 5.41) is 18.7. The van der Waals surface area contributed by atoms with Gasteiger partial charge in [0.25, 0.3) is 5.79 Å². The number of nitrogens with zero attached hydrogens (tertiary/aromatic N) is 1. The molecule has 2 rings (SSSR count). The van der Waals surface area contributed by atoms with E-state index in [4.69, 9.17) is 10.00 Å². The fourth-order valence-corrected chi connectivity index (χ4v) is 2.10. The molecule has 4 heteroatoms. The lowest BCUT2D eigenvalue weighted by molar-refractivity contribution is -0.163. The summed E-state index contributed by atoms with van der Waals surface area (Å²) in [4.78, 5) is 12.0. The third kappa shape index (κ3) is 2.38. The summed E-state index contributed by atoms with van der Waals surface area (Å²) in [5.41, 5.74) is 1.75. The monoisotopic (exact) mass is 257 g/mol. The van der Waals surface area contributed by atoms with Gasteiger partial charge < -0.3 is 9.84 Å². The lowest BCUT2D eigenvalue weighted by Crippen LogP contribution is -2.33. The molecule has 1 aromatic carbocycles. The van der Waals surface area contributed by atoms with Crippen molar-refractivity contribution in [2.45, 2.75) is 32.5 Å². The van der Waals surface area contributed by atoms with Gasteiger partial charge in [-0.2, -0.15) is 5.26 Å². The molecule has 19 heavy (non-hydrogen) atoms. The number of rotatable bonds is 3. The Bertz CT molecular complexity index is 576. The Kier molecular flexibility index (Phi) is 3.41. The molecule has 1 unspecified atom stereocenters. The summed E-state index contributed by atoms with van der Waals surface area (Å²) in [7, 11) is 0. The van der Waals surface area contributed by atoms with Gasteiger partial charge in [0.2, 0.25) is 5.78 Å². The highest BCUT2D eigenvalue weighted by Crippen LogP contribution is 2.37. The summed E-state index contributed by atoms with van der Waals surface area (Å²) in [6, 6.07) is 8.79. The first-order valence-corrected chi connectivity index (χ1v) is 6.19. The van der Waals surface area contributed by atoms with Crippen molar-refractivity contribution in [2.75, 3.05) is 0 Å². The Labute approximate surface area is 111 Å². The lowest BCUT2D eigenvalue weighted by atomic mass is 9.99. The van der Waals surface area contributed by atoms with E-state index in [9.17, 15) is 9.90 Å². The number of carbonyl (C=O) groups is 1. The van der Waals surface area contributed by atoms with Crippen molar-refractivity contribution < 1.29 is 14.6 Å². The van der Waals surface area contributed by atoms with Crippen LogP contribution in [0.4, 0.5) is 0 Å². The number of ether oxygens (including phenoxy) is 1. The highest BCUT2D eigenvalue weighted by Gasteiger charge is 2.43. The molecule has 0 spiro atoms. The van der Waals surface area contributed by atoms with Crippen molar-refractivity contribution in [3.63, 3.8) is 0 Å². The van der Waals surface area contributed by atoms with Crippen LogP contribution in [0.25, 0.3) is 5.76 Å². The zero-order valence-corrected chi connectivity index (χ0v) is 10.9. The zero-order chi connectivity index (χ0) is 14.0. The Morgan fingerprint density at radius 3 is 2.53 bits per heavy atom. The Morgan fingerprint density at radius 2 is 2.00 bits per heavy atom. The largest absolute Gasteiger partial charge is 0.454 e. The number of aliphatic hydroxyl groups is 1. The molecular formula is C15H15NO3. The molecule has 1 heterocycles. The second-order valence-electron chi connectivity index (χ2n) is 4.66. The number of ketones is 1. The van der Waals surface area contributed by atoms with Crippen LogP contribution in [0.3, 0.4) is 0 Å². The van der Waals surface area contributed by atoms with Crippen molar-refractivity contribution in [1.82, 2.24) is 0 Å². The molecule has 4 nitrogen and oxygen atoms in total. The average Bonchev–Trinajstić information content (AvgIpc) is 2.63. The lowest BCUT2D eigenvalue weighted by Gasteiger charge is -2.16. The van der Waals surface area contributed by atoms with Crippen molar-refractivity contribution in [1.29, 1.82) is 5.26 Å². The number of Topliss-reactive ketones (excluding diaryl/α,β-unsaturated/α-hetero) is 1. The van der Waals surface area contributed by atoms with E-state index in [1.54, 1.807) is 24.3 Å². The minimum atomic E-state index is -1.78. The maximum absolute atomic E-state index is 12.0. The Morgan fingerprint density at radius 1 is 1.37 bits per heavy atom. The van der Waals surface area contributed by atoms with E-state index in [1.165, 1.54) is 6.92 Å². The highest BCUT2D eigenvalue weighted by molar-refractivity contribution is 6.09. The number of nitriles is 1. The molecule has 1 atom stereocenters. The van der Waals surface area contributed by atoms with E-state index in [0.717, 1.165) is 6.42 Å². The first-order chi connectivity index (χ1) is 8.99. The van der Waals surface area contributed by atoms with E-state index in [2.05, 4.69) is 0 Å². The van der Waals surface area contributed by atoms with Crippen LogP contribution < -0.4 is 0 Å². The second kappa shape index (κ2) is 4.87. The van der Waals surface area contributed by atoms with Crippen molar-refractivity contribution >= 4 is 11.5 Å². The minimum Gasteiger partial charge on any atom is -0.454 e. The van der Waals surface area contributed by atoms with Gasteiger partial charge in [-0.15, -0.1) is 0 Å². The van der Waals surface area contributed by atoms with E-state index in [-0.39, 0.29) is 5.78 Å². The van der Waals surface area contributed by atoms with Crippen LogP contribution >= 0.6 is 0 Å². The van der Waals surface area contributed by atoms with E-state index >= 15 is 0 Å². The zero-order valence-electron chi connectivity index (χ0n) is 10.9. The molecular weight excluding hydrogens is 242 g/mol. The smallest absolute Gasteiger partial charge is 0.269 e. The van der Waals surface area contributed by atoms with E-state index < -0.39 is 5.79 Å². The maximum atomic E-state index is 12.0. The molecule has 0 saturated heterocycles. The van der Waals surface area contributed by atoms with Gasteiger partial charge in [0.1, 0.15) is 5.76 Å². The van der Waals surface area contributed by atoms with E-state index in [1.807, 2.05) is 13.0 Å². The molecule has 1 aliphatic heterocycles. The molecule has 0 bridgehead atoms. The number of benzene rings is 1. The molecule has 0 amide bonds.